The van der Waals surface area contributed by atoms with Crippen molar-refractivity contribution in [2.75, 3.05) is 0 Å². The summed E-state index contributed by atoms with van der Waals surface area (Å²) in [6.45, 7) is 3.99. The first-order chi connectivity index (χ1) is 8.59. The second-order valence-electron chi connectivity index (χ2n) is 4.57. The maximum atomic E-state index is 11.2. The van der Waals surface area contributed by atoms with Gasteiger partial charge in [0, 0.05) is 11.7 Å². The Labute approximate surface area is 107 Å². The summed E-state index contributed by atoms with van der Waals surface area (Å²) in [5.41, 5.74) is 2.56. The molecule has 2 rings (SSSR count). The van der Waals surface area contributed by atoms with E-state index in [1.165, 1.54) is 5.56 Å². The fourth-order valence-electron chi connectivity index (χ4n) is 2.36. The highest BCUT2D eigenvalue weighted by Crippen LogP contribution is 2.20. The minimum atomic E-state index is -0.872. The number of carbonyl (C=O) groups is 1. The van der Waals surface area contributed by atoms with Crippen molar-refractivity contribution in [1.29, 1.82) is 0 Å². The zero-order chi connectivity index (χ0) is 13.1. The van der Waals surface area contributed by atoms with E-state index in [2.05, 4.69) is 12.1 Å². The van der Waals surface area contributed by atoms with Crippen LogP contribution in [0.2, 0.25) is 0 Å². The summed E-state index contributed by atoms with van der Waals surface area (Å²) in [6, 6.07) is 13.8. The second-order valence-corrected chi connectivity index (χ2v) is 4.57. The number of hydrogen-bond acceptors (Lipinski definition) is 1. The van der Waals surface area contributed by atoms with Crippen LogP contribution in [0.4, 0.5) is 0 Å². The van der Waals surface area contributed by atoms with Crippen molar-refractivity contribution in [3.8, 4) is 0 Å². The third kappa shape index (κ3) is 2.45. The topological polar surface area (TPSA) is 42.2 Å². The molecule has 2 aromatic rings. The molecule has 3 nitrogen and oxygen atoms in total. The maximum absolute atomic E-state index is 11.2. The number of aromatic carboxylic acids is 1. The van der Waals surface area contributed by atoms with Gasteiger partial charge in [0.05, 0.1) is 0 Å². The van der Waals surface area contributed by atoms with Gasteiger partial charge in [-0.05, 0) is 38.0 Å². The summed E-state index contributed by atoms with van der Waals surface area (Å²) in [5.74, 6) is -0.872. The summed E-state index contributed by atoms with van der Waals surface area (Å²) < 4.78 is 1.88. The van der Waals surface area contributed by atoms with E-state index < -0.39 is 5.97 Å². The van der Waals surface area contributed by atoms with Crippen molar-refractivity contribution in [1.82, 2.24) is 4.57 Å². The number of nitrogens with zero attached hydrogens (tertiary/aromatic N) is 1. The molecule has 1 atom stereocenters. The number of carboxylic acid groups (broad SMARTS) is 1. The monoisotopic (exact) mass is 243 g/mol. The Morgan fingerprint density at radius 3 is 2.50 bits per heavy atom. The molecule has 1 unspecified atom stereocenters. The lowest BCUT2D eigenvalue weighted by Crippen LogP contribution is -2.15. The van der Waals surface area contributed by atoms with Crippen molar-refractivity contribution >= 4 is 5.97 Å². The molecular formula is C15H17NO2. The fraction of sp³-hybridized carbons (Fsp3) is 0.267. The first-order valence-electron chi connectivity index (χ1n) is 6.04. The largest absolute Gasteiger partial charge is 0.477 e. The normalized spacial score (nSPS) is 12.3. The van der Waals surface area contributed by atoms with Crippen molar-refractivity contribution in [3.05, 3.63) is 59.4 Å². The molecule has 1 N–H and O–H groups in total. The lowest BCUT2D eigenvalue weighted by atomic mass is 10.1. The summed E-state index contributed by atoms with van der Waals surface area (Å²) in [4.78, 5) is 11.2. The number of rotatable bonds is 4. The molecule has 0 aliphatic rings. The van der Waals surface area contributed by atoms with Gasteiger partial charge in [0.1, 0.15) is 5.69 Å². The van der Waals surface area contributed by atoms with Crippen molar-refractivity contribution < 1.29 is 9.90 Å². The molecule has 0 fully saturated rings. The molecule has 0 saturated heterocycles. The third-order valence-corrected chi connectivity index (χ3v) is 3.16. The van der Waals surface area contributed by atoms with Gasteiger partial charge in [-0.1, -0.05) is 30.3 Å². The van der Waals surface area contributed by atoms with E-state index >= 15 is 0 Å². The zero-order valence-electron chi connectivity index (χ0n) is 10.6. The highest BCUT2D eigenvalue weighted by Gasteiger charge is 2.16. The Morgan fingerprint density at radius 2 is 1.89 bits per heavy atom. The van der Waals surface area contributed by atoms with Gasteiger partial charge < -0.3 is 9.67 Å². The van der Waals surface area contributed by atoms with Crippen molar-refractivity contribution in [2.24, 2.45) is 0 Å². The highest BCUT2D eigenvalue weighted by atomic mass is 16.4. The van der Waals surface area contributed by atoms with Crippen molar-refractivity contribution in [3.63, 3.8) is 0 Å². The molecule has 0 aliphatic heterocycles. The Morgan fingerprint density at radius 1 is 1.22 bits per heavy atom. The molecule has 0 bridgehead atoms. The third-order valence-electron chi connectivity index (χ3n) is 3.16. The quantitative estimate of drug-likeness (QED) is 0.895. The van der Waals surface area contributed by atoms with Gasteiger partial charge in [-0.25, -0.2) is 4.79 Å². The second kappa shape index (κ2) is 5.08. The van der Waals surface area contributed by atoms with Crippen LogP contribution in [0.25, 0.3) is 0 Å². The summed E-state index contributed by atoms with van der Waals surface area (Å²) in [5, 5.41) is 9.17. The SMILES string of the molecule is Cc1ccc(C(=O)O)n1C(C)Cc1ccccc1. The highest BCUT2D eigenvalue weighted by molar-refractivity contribution is 5.86. The van der Waals surface area contributed by atoms with Crippen LogP contribution >= 0.6 is 0 Å². The van der Waals surface area contributed by atoms with E-state index in [1.807, 2.05) is 42.7 Å². The van der Waals surface area contributed by atoms with Crippen LogP contribution in [-0.2, 0) is 6.42 Å². The van der Waals surface area contributed by atoms with Crippen molar-refractivity contribution in [2.45, 2.75) is 26.3 Å². The molecule has 94 valence electrons. The predicted molar refractivity (Wildman–Crippen MR) is 71.0 cm³/mol. The zero-order valence-corrected chi connectivity index (χ0v) is 10.6. The van der Waals surface area contributed by atoms with Crippen LogP contribution in [0.5, 0.6) is 0 Å². The molecule has 0 radical (unpaired) electrons. The van der Waals surface area contributed by atoms with E-state index in [1.54, 1.807) is 6.07 Å². The van der Waals surface area contributed by atoms with E-state index in [0.29, 0.717) is 5.69 Å². The fourth-order valence-corrected chi connectivity index (χ4v) is 2.36. The lowest BCUT2D eigenvalue weighted by Gasteiger charge is -2.18. The summed E-state index contributed by atoms with van der Waals surface area (Å²) in [7, 11) is 0. The van der Waals surface area contributed by atoms with Crippen LogP contribution in [0.3, 0.4) is 0 Å². The van der Waals surface area contributed by atoms with Gasteiger partial charge in [-0.2, -0.15) is 0 Å². The Hall–Kier alpha value is -2.03. The number of aryl methyl sites for hydroxylation is 1. The predicted octanol–water partition coefficient (Wildman–Crippen LogP) is 3.30. The Kier molecular flexibility index (Phi) is 3.51. The number of benzene rings is 1. The maximum Gasteiger partial charge on any atom is 0.352 e. The van der Waals surface area contributed by atoms with Crippen LogP contribution in [0, 0.1) is 6.92 Å². The first kappa shape index (κ1) is 12.4. The Balaban J connectivity index is 2.26. The molecule has 3 heteroatoms. The van der Waals surface area contributed by atoms with Gasteiger partial charge in [0.25, 0.3) is 0 Å². The van der Waals surface area contributed by atoms with E-state index in [9.17, 15) is 9.90 Å². The molecule has 0 aliphatic carbocycles. The number of carboxylic acids is 1. The molecule has 1 aromatic carbocycles. The summed E-state index contributed by atoms with van der Waals surface area (Å²) >= 11 is 0. The smallest absolute Gasteiger partial charge is 0.352 e. The van der Waals surface area contributed by atoms with Gasteiger partial charge in [-0.15, -0.1) is 0 Å². The number of aromatic nitrogens is 1. The molecule has 18 heavy (non-hydrogen) atoms. The van der Waals surface area contributed by atoms with Crippen LogP contribution in [0.1, 0.15) is 34.7 Å². The van der Waals surface area contributed by atoms with E-state index in [0.717, 1.165) is 12.1 Å². The van der Waals surface area contributed by atoms with Gasteiger partial charge in [0.15, 0.2) is 0 Å². The van der Waals surface area contributed by atoms with Crippen LogP contribution in [-0.4, -0.2) is 15.6 Å². The minimum Gasteiger partial charge on any atom is -0.477 e. The number of hydrogen-bond donors (Lipinski definition) is 1. The summed E-state index contributed by atoms with van der Waals surface area (Å²) in [6.07, 6.45) is 0.830. The molecule has 1 heterocycles. The average molecular weight is 243 g/mol. The van der Waals surface area contributed by atoms with E-state index in [-0.39, 0.29) is 6.04 Å². The first-order valence-corrected chi connectivity index (χ1v) is 6.04. The molecule has 0 spiro atoms. The van der Waals surface area contributed by atoms with Gasteiger partial charge in [-0.3, -0.25) is 0 Å². The van der Waals surface area contributed by atoms with Crippen LogP contribution < -0.4 is 0 Å². The lowest BCUT2D eigenvalue weighted by molar-refractivity contribution is 0.0682. The molecule has 0 saturated carbocycles. The molecular weight excluding hydrogens is 226 g/mol. The average Bonchev–Trinajstić information content (AvgIpc) is 2.72. The molecule has 1 aromatic heterocycles. The minimum absolute atomic E-state index is 0.133. The molecule has 0 amide bonds. The standard InChI is InChI=1S/C15H17NO2/c1-11-8-9-14(15(17)18)16(11)12(2)10-13-6-4-3-5-7-13/h3-9,12H,10H2,1-2H3,(H,17,18). The van der Waals surface area contributed by atoms with Crippen LogP contribution in [0.15, 0.2) is 42.5 Å². The van der Waals surface area contributed by atoms with Gasteiger partial charge >= 0.3 is 5.97 Å². The Bertz CT molecular complexity index is 543. The van der Waals surface area contributed by atoms with E-state index in [4.69, 9.17) is 0 Å². The van der Waals surface area contributed by atoms with Gasteiger partial charge in [0.2, 0.25) is 0 Å².